The second kappa shape index (κ2) is 5.14. The smallest absolute Gasteiger partial charge is 0.229 e. The Morgan fingerprint density at radius 1 is 1.10 bits per heavy atom. The van der Waals surface area contributed by atoms with Gasteiger partial charge in [0.15, 0.2) is 0 Å². The van der Waals surface area contributed by atoms with Crippen LogP contribution in [0.25, 0.3) is 0 Å². The van der Waals surface area contributed by atoms with E-state index >= 15 is 0 Å². The first-order chi connectivity index (χ1) is 9.99. The molecule has 3 heterocycles. The van der Waals surface area contributed by atoms with Crippen molar-refractivity contribution in [1.29, 1.82) is 0 Å². The van der Waals surface area contributed by atoms with Crippen molar-refractivity contribution in [3.63, 3.8) is 0 Å². The van der Waals surface area contributed by atoms with Gasteiger partial charge in [0.25, 0.3) is 0 Å². The van der Waals surface area contributed by atoms with Gasteiger partial charge in [-0.1, -0.05) is 12.2 Å². The van der Waals surface area contributed by atoms with Crippen LogP contribution >= 0.6 is 0 Å². The first-order valence-electron chi connectivity index (χ1n) is 7.12. The normalized spacial score (nSPS) is 35.1. The van der Waals surface area contributed by atoms with Crippen LogP contribution in [0.2, 0.25) is 0 Å². The number of aliphatic carboxylic acids is 1. The number of carboxylic acids is 1. The molecule has 114 valence electrons. The number of carboxylic acid groups (broad SMARTS) is 1. The number of hydrogen-bond donors (Lipinski definition) is 1. The maximum atomic E-state index is 12.6. The van der Waals surface area contributed by atoms with Crippen molar-refractivity contribution in [1.82, 2.24) is 4.90 Å². The van der Waals surface area contributed by atoms with Crippen molar-refractivity contribution in [3.05, 3.63) is 12.2 Å². The van der Waals surface area contributed by atoms with Crippen LogP contribution in [0, 0.1) is 17.8 Å². The van der Waals surface area contributed by atoms with Crippen molar-refractivity contribution in [2.75, 3.05) is 13.1 Å². The highest BCUT2D eigenvalue weighted by molar-refractivity contribution is 5.87. The molecule has 3 aliphatic heterocycles. The molecule has 21 heavy (non-hydrogen) atoms. The number of carbonyl (C=O) groups is 3. The molecule has 3 aliphatic rings. The molecule has 3 rings (SSSR count). The molecule has 0 radical (unpaired) electrons. The van der Waals surface area contributed by atoms with Gasteiger partial charge >= 0.3 is 0 Å². The third-order valence-electron chi connectivity index (χ3n) is 4.67. The number of hydrogen-bond acceptors (Lipinski definition) is 5. The van der Waals surface area contributed by atoms with E-state index in [2.05, 4.69) is 0 Å². The summed E-state index contributed by atoms with van der Waals surface area (Å²) in [6.45, 7) is 0.841. The highest BCUT2D eigenvalue weighted by Crippen LogP contribution is 2.40. The van der Waals surface area contributed by atoms with Gasteiger partial charge in [-0.05, 0) is 12.8 Å². The molecule has 2 saturated heterocycles. The quantitative estimate of drug-likeness (QED) is 0.606. The average Bonchev–Trinajstić information content (AvgIpc) is 3.07. The summed E-state index contributed by atoms with van der Waals surface area (Å²) in [4.78, 5) is 36.6. The van der Waals surface area contributed by atoms with Crippen LogP contribution in [0.15, 0.2) is 12.2 Å². The number of piperidine rings is 1. The molecule has 0 aromatic carbocycles. The van der Waals surface area contributed by atoms with Gasteiger partial charge in [-0.15, -0.1) is 0 Å². The number of ether oxygens (including phenoxy) is 1. The van der Waals surface area contributed by atoms with Gasteiger partial charge in [0.1, 0.15) is 0 Å². The first kappa shape index (κ1) is 14.1. The molecule has 2 bridgehead atoms. The fourth-order valence-electron chi connectivity index (χ4n) is 3.48. The summed E-state index contributed by atoms with van der Waals surface area (Å²) in [6.07, 6.45) is 3.40. The summed E-state index contributed by atoms with van der Waals surface area (Å²) in [5.41, 5.74) is 5.26. The number of carbonyl (C=O) groups excluding carboxylic acids is 3. The maximum absolute atomic E-state index is 12.6. The number of likely N-dealkylation sites (tertiary alicyclic amines) is 1. The van der Waals surface area contributed by atoms with E-state index in [4.69, 9.17) is 10.5 Å². The lowest BCUT2D eigenvalue weighted by molar-refractivity contribution is -0.313. The van der Waals surface area contributed by atoms with Crippen molar-refractivity contribution < 1.29 is 24.2 Å². The minimum Gasteiger partial charge on any atom is -0.550 e. The molecule has 0 aromatic heterocycles. The largest absolute Gasteiger partial charge is 0.550 e. The Balaban J connectivity index is 1.70. The lowest BCUT2D eigenvalue weighted by Gasteiger charge is -2.35. The van der Waals surface area contributed by atoms with E-state index in [1.54, 1.807) is 17.1 Å². The maximum Gasteiger partial charge on any atom is 0.229 e. The Labute approximate surface area is 121 Å². The van der Waals surface area contributed by atoms with Crippen LogP contribution < -0.4 is 10.8 Å². The minimum atomic E-state index is -1.25. The van der Waals surface area contributed by atoms with Gasteiger partial charge < -0.3 is 25.3 Å². The first-order valence-corrected chi connectivity index (χ1v) is 7.12. The van der Waals surface area contributed by atoms with Crippen LogP contribution in [-0.2, 0) is 19.1 Å². The van der Waals surface area contributed by atoms with Crippen LogP contribution in [0.5, 0.6) is 0 Å². The monoisotopic (exact) mass is 293 g/mol. The van der Waals surface area contributed by atoms with Crippen LogP contribution in [0.1, 0.15) is 12.8 Å². The summed E-state index contributed by atoms with van der Waals surface area (Å²) < 4.78 is 5.48. The molecule has 2 N–H and O–H groups in total. The molecule has 7 nitrogen and oxygen atoms in total. The van der Waals surface area contributed by atoms with Gasteiger partial charge in [-0.3, -0.25) is 9.59 Å². The van der Waals surface area contributed by atoms with Gasteiger partial charge in [0, 0.05) is 30.9 Å². The van der Waals surface area contributed by atoms with E-state index in [1.165, 1.54) is 0 Å². The highest BCUT2D eigenvalue weighted by Gasteiger charge is 2.51. The fourth-order valence-corrected chi connectivity index (χ4v) is 3.48. The zero-order valence-corrected chi connectivity index (χ0v) is 11.4. The molecule has 2 amide bonds. The molecule has 0 saturated carbocycles. The Morgan fingerprint density at radius 3 is 2.19 bits per heavy atom. The summed E-state index contributed by atoms with van der Waals surface area (Å²) in [7, 11) is 0. The zero-order valence-electron chi connectivity index (χ0n) is 11.4. The summed E-state index contributed by atoms with van der Waals surface area (Å²) in [6, 6.07) is 0. The van der Waals surface area contributed by atoms with E-state index in [9.17, 15) is 19.5 Å². The van der Waals surface area contributed by atoms with Crippen molar-refractivity contribution in [2.24, 2.45) is 23.5 Å². The number of nitrogens with zero attached hydrogens (tertiary/aromatic N) is 1. The summed E-state index contributed by atoms with van der Waals surface area (Å²) in [5, 5.41) is 11.3. The van der Waals surface area contributed by atoms with E-state index < -0.39 is 30.0 Å². The van der Waals surface area contributed by atoms with Gasteiger partial charge in [0.05, 0.1) is 18.1 Å². The molecular formula is C14H17N2O5-. The molecule has 7 heteroatoms. The van der Waals surface area contributed by atoms with E-state index in [0.717, 1.165) is 0 Å². The van der Waals surface area contributed by atoms with Crippen molar-refractivity contribution in [3.8, 4) is 0 Å². The fraction of sp³-hybridized carbons (Fsp3) is 0.643. The second-order valence-electron chi connectivity index (χ2n) is 5.82. The van der Waals surface area contributed by atoms with Crippen LogP contribution in [-0.4, -0.2) is 48.0 Å². The predicted octanol–water partition coefficient (Wildman–Crippen LogP) is -1.97. The molecule has 0 unspecified atom stereocenters. The van der Waals surface area contributed by atoms with Crippen LogP contribution in [0.3, 0.4) is 0 Å². The van der Waals surface area contributed by atoms with Crippen molar-refractivity contribution in [2.45, 2.75) is 25.0 Å². The Hall–Kier alpha value is -1.89. The minimum absolute atomic E-state index is 0.206. The van der Waals surface area contributed by atoms with E-state index in [-0.39, 0.29) is 17.7 Å². The van der Waals surface area contributed by atoms with Gasteiger partial charge in [-0.2, -0.15) is 0 Å². The molecule has 4 atom stereocenters. The van der Waals surface area contributed by atoms with E-state index in [1.807, 2.05) is 0 Å². The summed E-state index contributed by atoms with van der Waals surface area (Å²) in [5.74, 6) is -3.69. The molecule has 2 fully saturated rings. The standard InChI is InChI=1S/C14H18N2O5/c15-12(17)7-3-5-16(6-4-7)13(18)10-8-1-2-9(21-8)11(10)14(19)20/h1-2,7-11H,3-6H2,(H2,15,17)(H,19,20)/p-1/t8-,9+,10-,11+/m1/s1. The number of nitrogens with two attached hydrogens (primary N) is 1. The number of primary amides is 1. The lowest BCUT2D eigenvalue weighted by Crippen LogP contribution is -2.50. The third-order valence-corrected chi connectivity index (χ3v) is 4.67. The van der Waals surface area contributed by atoms with Crippen molar-refractivity contribution >= 4 is 17.8 Å². The molecule has 0 aromatic rings. The van der Waals surface area contributed by atoms with Gasteiger partial charge in [0.2, 0.25) is 11.8 Å². The Morgan fingerprint density at radius 2 is 1.67 bits per heavy atom. The second-order valence-corrected chi connectivity index (χ2v) is 5.82. The Bertz CT molecular complexity index is 509. The number of amides is 2. The third kappa shape index (κ3) is 2.31. The molecule has 0 aliphatic carbocycles. The molecule has 0 spiro atoms. The Kier molecular flexibility index (Phi) is 3.44. The highest BCUT2D eigenvalue weighted by atomic mass is 16.5. The predicted molar refractivity (Wildman–Crippen MR) is 68.3 cm³/mol. The topological polar surface area (TPSA) is 113 Å². The number of rotatable bonds is 3. The average molecular weight is 293 g/mol. The molecular weight excluding hydrogens is 276 g/mol. The lowest BCUT2D eigenvalue weighted by atomic mass is 9.81. The van der Waals surface area contributed by atoms with Crippen LogP contribution in [0.4, 0.5) is 0 Å². The number of fused-ring (bicyclic) bond motifs is 2. The van der Waals surface area contributed by atoms with Gasteiger partial charge in [-0.25, -0.2) is 0 Å². The summed E-state index contributed by atoms with van der Waals surface area (Å²) >= 11 is 0. The van der Waals surface area contributed by atoms with E-state index in [0.29, 0.717) is 25.9 Å². The SMILES string of the molecule is NC(=O)C1CCN(C(=O)[C@H]2[C@@H](C(=O)[O-])[C@@H]3C=C[C@H]2O3)CC1. The zero-order chi connectivity index (χ0) is 15.1.